The Morgan fingerprint density at radius 2 is 1.68 bits per heavy atom. The van der Waals surface area contributed by atoms with Gasteiger partial charge in [0.2, 0.25) is 11.1 Å². The Bertz CT molecular complexity index is 1460. The Hall–Kier alpha value is -4.43. The first-order chi connectivity index (χ1) is 15.8. The molecule has 2 aromatic heterocycles. The largest absolute Gasteiger partial charge is 0.573 e. The van der Waals surface area contributed by atoms with Crippen LogP contribution in [0.25, 0.3) is 22.3 Å². The van der Waals surface area contributed by atoms with E-state index in [0.717, 1.165) is 28.9 Å². The van der Waals surface area contributed by atoms with Gasteiger partial charge in [-0.15, -0.1) is 18.3 Å². The number of hydrogen-bond donors (Lipinski definition) is 1. The van der Waals surface area contributed by atoms with Crippen LogP contribution in [0.5, 0.6) is 5.75 Å². The fraction of sp³-hybridized carbons (Fsp3) is 0.105. The van der Waals surface area contributed by atoms with Crippen LogP contribution in [-0.4, -0.2) is 42.2 Å². The Kier molecular flexibility index (Phi) is 5.26. The molecular formula is C19H9F6N5O4. The van der Waals surface area contributed by atoms with Gasteiger partial charge in [0, 0.05) is 0 Å². The minimum Gasteiger partial charge on any atom is -0.476 e. The number of aromatic carboxylic acids is 1. The first kappa shape index (κ1) is 22.8. The standard InChI is InChI=1S/C19H9F6N5O4/c20-18(21,22)13-8-29(28-26-13)11-2-1-3-12-14(11)16(31)15(17(32)33)27-30(12)9-4-6-10(7-5-9)34-19(23,24)25/h1-8H,(H,32,33). The van der Waals surface area contributed by atoms with Crippen molar-refractivity contribution in [2.45, 2.75) is 12.5 Å². The van der Waals surface area contributed by atoms with Crippen LogP contribution in [0, 0.1) is 0 Å². The van der Waals surface area contributed by atoms with Gasteiger partial charge in [-0.2, -0.15) is 18.3 Å². The third-order valence-corrected chi connectivity index (χ3v) is 4.44. The molecule has 0 aliphatic rings. The second-order valence-electron chi connectivity index (χ2n) is 6.65. The molecule has 0 aliphatic carbocycles. The average molecular weight is 485 g/mol. The van der Waals surface area contributed by atoms with E-state index in [1.54, 1.807) is 0 Å². The number of ether oxygens (including phenoxy) is 1. The van der Waals surface area contributed by atoms with Gasteiger partial charge in [0.1, 0.15) is 5.75 Å². The zero-order chi connectivity index (χ0) is 24.8. The van der Waals surface area contributed by atoms with Crippen LogP contribution in [0.15, 0.2) is 53.5 Å². The first-order valence-corrected chi connectivity index (χ1v) is 9.00. The number of hydrogen-bond acceptors (Lipinski definition) is 6. The number of halogens is 6. The van der Waals surface area contributed by atoms with Crippen LogP contribution in [0.3, 0.4) is 0 Å². The molecule has 34 heavy (non-hydrogen) atoms. The number of nitrogens with zero attached hydrogens (tertiary/aromatic N) is 5. The fourth-order valence-corrected chi connectivity index (χ4v) is 3.08. The summed E-state index contributed by atoms with van der Waals surface area (Å²) in [5, 5.41) is 19.2. The predicted octanol–water partition coefficient (Wildman–Crippen LogP) is 3.58. The van der Waals surface area contributed by atoms with E-state index in [0.29, 0.717) is 10.9 Å². The van der Waals surface area contributed by atoms with Gasteiger partial charge in [-0.1, -0.05) is 11.3 Å². The first-order valence-electron chi connectivity index (χ1n) is 9.00. The van der Waals surface area contributed by atoms with E-state index in [-0.39, 0.29) is 22.3 Å². The smallest absolute Gasteiger partial charge is 0.476 e. The lowest BCUT2D eigenvalue weighted by Gasteiger charge is -2.14. The van der Waals surface area contributed by atoms with Crippen molar-refractivity contribution in [2.24, 2.45) is 0 Å². The highest BCUT2D eigenvalue weighted by atomic mass is 19.4. The number of aromatic nitrogens is 5. The monoisotopic (exact) mass is 485 g/mol. The van der Waals surface area contributed by atoms with Gasteiger partial charge in [-0.05, 0) is 36.4 Å². The molecule has 0 amide bonds. The maximum absolute atomic E-state index is 13.0. The summed E-state index contributed by atoms with van der Waals surface area (Å²) in [5.41, 5.74) is -3.68. The highest BCUT2D eigenvalue weighted by molar-refractivity contribution is 5.94. The number of fused-ring (bicyclic) bond motifs is 1. The van der Waals surface area contributed by atoms with Gasteiger partial charge in [-0.25, -0.2) is 14.2 Å². The lowest BCUT2D eigenvalue weighted by Crippen LogP contribution is -2.23. The highest BCUT2D eigenvalue weighted by Gasteiger charge is 2.35. The molecule has 1 N–H and O–H groups in total. The maximum Gasteiger partial charge on any atom is 0.573 e. The van der Waals surface area contributed by atoms with Crippen molar-refractivity contribution in [3.8, 4) is 17.1 Å². The third-order valence-electron chi connectivity index (χ3n) is 4.44. The fourth-order valence-electron chi connectivity index (χ4n) is 3.08. The van der Waals surface area contributed by atoms with E-state index < -0.39 is 41.1 Å². The molecule has 0 saturated carbocycles. The summed E-state index contributed by atoms with van der Waals surface area (Å²) >= 11 is 0. The average Bonchev–Trinajstić information content (AvgIpc) is 3.24. The van der Waals surface area contributed by atoms with Crippen molar-refractivity contribution in [3.63, 3.8) is 0 Å². The molecule has 4 aromatic rings. The number of alkyl halides is 6. The summed E-state index contributed by atoms with van der Waals surface area (Å²) in [7, 11) is 0. The molecule has 0 radical (unpaired) electrons. The molecule has 15 heteroatoms. The van der Waals surface area contributed by atoms with E-state index in [4.69, 9.17) is 0 Å². The molecule has 0 atom stereocenters. The van der Waals surface area contributed by atoms with Gasteiger partial charge < -0.3 is 9.84 Å². The van der Waals surface area contributed by atoms with Gasteiger partial charge in [0.25, 0.3) is 0 Å². The van der Waals surface area contributed by atoms with E-state index >= 15 is 0 Å². The second-order valence-corrected chi connectivity index (χ2v) is 6.65. The van der Waals surface area contributed by atoms with Crippen LogP contribution in [-0.2, 0) is 6.18 Å². The Labute approximate surface area is 183 Å². The van der Waals surface area contributed by atoms with Gasteiger partial charge in [0.05, 0.1) is 28.5 Å². The minimum absolute atomic E-state index is 0.0359. The van der Waals surface area contributed by atoms with Crippen molar-refractivity contribution in [1.82, 2.24) is 24.8 Å². The van der Waals surface area contributed by atoms with E-state index in [2.05, 4.69) is 20.1 Å². The zero-order valence-corrected chi connectivity index (χ0v) is 16.3. The topological polar surface area (TPSA) is 112 Å². The summed E-state index contributed by atoms with van der Waals surface area (Å²) in [4.78, 5) is 24.5. The second kappa shape index (κ2) is 7.86. The molecule has 4 rings (SSSR count). The summed E-state index contributed by atoms with van der Waals surface area (Å²) in [6.45, 7) is 0. The van der Waals surface area contributed by atoms with Gasteiger partial charge in [0.15, 0.2) is 5.69 Å². The lowest BCUT2D eigenvalue weighted by atomic mass is 10.1. The number of carbonyl (C=O) groups is 1. The van der Waals surface area contributed by atoms with Crippen LogP contribution in [0.4, 0.5) is 26.3 Å². The van der Waals surface area contributed by atoms with E-state index in [1.165, 1.54) is 18.2 Å². The quantitative estimate of drug-likeness (QED) is 0.440. The van der Waals surface area contributed by atoms with Crippen LogP contribution in [0.1, 0.15) is 16.2 Å². The van der Waals surface area contributed by atoms with Gasteiger partial charge in [-0.3, -0.25) is 4.79 Å². The molecule has 176 valence electrons. The molecule has 0 bridgehead atoms. The molecule has 9 nitrogen and oxygen atoms in total. The van der Waals surface area contributed by atoms with E-state index in [1.807, 2.05) is 0 Å². The molecule has 0 fully saturated rings. The summed E-state index contributed by atoms with van der Waals surface area (Å²) in [6.07, 6.45) is -9.25. The molecule has 0 saturated heterocycles. The molecule has 0 unspecified atom stereocenters. The van der Waals surface area contributed by atoms with Crippen LogP contribution >= 0.6 is 0 Å². The SMILES string of the molecule is O=C(O)c1nn(-c2ccc(OC(F)(F)F)cc2)c2cccc(-n3cc(C(F)(F)F)nn3)c2c1=O. The van der Waals surface area contributed by atoms with Gasteiger partial charge >= 0.3 is 18.5 Å². The van der Waals surface area contributed by atoms with Crippen molar-refractivity contribution in [1.29, 1.82) is 0 Å². The summed E-state index contributed by atoms with van der Waals surface area (Å²) < 4.78 is 81.5. The molecular weight excluding hydrogens is 476 g/mol. The number of carboxylic acid groups (broad SMARTS) is 1. The van der Waals surface area contributed by atoms with Crippen molar-refractivity contribution in [3.05, 3.63) is 70.3 Å². The predicted molar refractivity (Wildman–Crippen MR) is 101 cm³/mol. The molecule has 2 heterocycles. The Balaban J connectivity index is 1.95. The molecule has 2 aromatic carbocycles. The third kappa shape index (κ3) is 4.26. The maximum atomic E-state index is 13.0. The number of carboxylic acids is 1. The van der Waals surface area contributed by atoms with Crippen LogP contribution < -0.4 is 10.2 Å². The van der Waals surface area contributed by atoms with Crippen molar-refractivity contribution in [2.75, 3.05) is 0 Å². The highest BCUT2D eigenvalue weighted by Crippen LogP contribution is 2.29. The van der Waals surface area contributed by atoms with E-state index in [9.17, 15) is 41.0 Å². The number of rotatable bonds is 4. The normalized spacial score (nSPS) is 12.2. The Morgan fingerprint density at radius 3 is 2.24 bits per heavy atom. The summed E-state index contributed by atoms with van der Waals surface area (Å²) in [5.74, 6) is -2.30. The van der Waals surface area contributed by atoms with Crippen molar-refractivity contribution < 1.29 is 41.0 Å². The molecule has 0 spiro atoms. The lowest BCUT2D eigenvalue weighted by molar-refractivity contribution is -0.274. The van der Waals surface area contributed by atoms with Crippen LogP contribution in [0.2, 0.25) is 0 Å². The minimum atomic E-state index is -4.94. The number of benzene rings is 2. The molecule has 0 aliphatic heterocycles. The Morgan fingerprint density at radius 1 is 1.00 bits per heavy atom. The summed E-state index contributed by atoms with van der Waals surface area (Å²) in [6, 6.07) is 7.99. The van der Waals surface area contributed by atoms with Crippen molar-refractivity contribution >= 4 is 16.9 Å². The zero-order valence-electron chi connectivity index (χ0n) is 16.3.